The number of benzene rings is 1. The van der Waals surface area contributed by atoms with Crippen molar-refractivity contribution in [3.63, 3.8) is 0 Å². The molecule has 5 heteroatoms. The Morgan fingerprint density at radius 3 is 2.92 bits per heavy atom. The van der Waals surface area contributed by atoms with Crippen molar-refractivity contribution >= 4 is 17.5 Å². The fourth-order valence-corrected chi connectivity index (χ4v) is 3.92. The van der Waals surface area contributed by atoms with Gasteiger partial charge in [-0.25, -0.2) is 0 Å². The first kappa shape index (κ1) is 15.6. The van der Waals surface area contributed by atoms with E-state index in [1.54, 1.807) is 6.20 Å². The molecule has 1 amide bonds. The molecule has 124 valence electrons. The van der Waals surface area contributed by atoms with E-state index in [-0.39, 0.29) is 23.8 Å². The summed E-state index contributed by atoms with van der Waals surface area (Å²) in [6.45, 7) is 2.36. The average molecular weight is 342 g/mol. The molecule has 3 unspecified atom stereocenters. The molecule has 1 aromatic carbocycles. The number of hydrogen-bond acceptors (Lipinski definition) is 3. The van der Waals surface area contributed by atoms with Crippen LogP contribution in [-0.4, -0.2) is 35.4 Å². The predicted molar refractivity (Wildman–Crippen MR) is 93.9 cm³/mol. The van der Waals surface area contributed by atoms with Crippen LogP contribution in [0.15, 0.2) is 48.8 Å². The smallest absolute Gasteiger partial charge is 0.226 e. The van der Waals surface area contributed by atoms with Gasteiger partial charge in [-0.15, -0.1) is 0 Å². The van der Waals surface area contributed by atoms with E-state index in [0.29, 0.717) is 0 Å². The van der Waals surface area contributed by atoms with Crippen molar-refractivity contribution < 1.29 is 4.79 Å². The molecule has 4 rings (SSSR count). The van der Waals surface area contributed by atoms with Gasteiger partial charge in [-0.2, -0.15) is 0 Å². The van der Waals surface area contributed by atoms with Gasteiger partial charge in [-0.05, 0) is 35.6 Å². The second kappa shape index (κ2) is 6.54. The molecule has 1 aliphatic carbocycles. The number of rotatable bonds is 3. The number of amides is 1. The molecule has 1 saturated carbocycles. The Morgan fingerprint density at radius 2 is 2.12 bits per heavy atom. The summed E-state index contributed by atoms with van der Waals surface area (Å²) in [5.74, 6) is 0.563. The Labute approximate surface area is 146 Å². The van der Waals surface area contributed by atoms with E-state index in [0.717, 1.165) is 42.2 Å². The quantitative estimate of drug-likeness (QED) is 0.933. The maximum absolute atomic E-state index is 13.1. The molecule has 0 bridgehead atoms. The summed E-state index contributed by atoms with van der Waals surface area (Å²) in [6, 6.07) is 11.9. The van der Waals surface area contributed by atoms with Crippen LogP contribution in [0.25, 0.3) is 0 Å². The number of carbonyl (C=O) groups excluding carboxylic acids is 1. The summed E-state index contributed by atoms with van der Waals surface area (Å²) >= 11 is 6.30. The first-order chi connectivity index (χ1) is 11.8. The number of nitrogens with one attached hydrogen (secondary N) is 1. The van der Waals surface area contributed by atoms with E-state index in [1.165, 1.54) is 0 Å². The van der Waals surface area contributed by atoms with Crippen LogP contribution in [0.2, 0.25) is 5.02 Å². The zero-order valence-electron chi connectivity index (χ0n) is 13.4. The molecule has 1 N–H and O–H groups in total. The normalized spacial score (nSPS) is 26.2. The highest BCUT2D eigenvalue weighted by molar-refractivity contribution is 6.31. The lowest BCUT2D eigenvalue weighted by Gasteiger charge is -2.36. The van der Waals surface area contributed by atoms with Gasteiger partial charge in [0, 0.05) is 43.0 Å². The highest BCUT2D eigenvalue weighted by Crippen LogP contribution is 2.51. The number of pyridine rings is 1. The van der Waals surface area contributed by atoms with Gasteiger partial charge in [-0.1, -0.05) is 35.9 Å². The number of carbonyl (C=O) groups is 1. The number of hydrogen-bond donors (Lipinski definition) is 1. The van der Waals surface area contributed by atoms with Crippen LogP contribution in [0.3, 0.4) is 0 Å². The van der Waals surface area contributed by atoms with Crippen molar-refractivity contribution in [2.24, 2.45) is 5.92 Å². The first-order valence-electron chi connectivity index (χ1n) is 8.41. The maximum atomic E-state index is 13.1. The summed E-state index contributed by atoms with van der Waals surface area (Å²) < 4.78 is 0. The van der Waals surface area contributed by atoms with Gasteiger partial charge in [0.25, 0.3) is 0 Å². The molecule has 1 aliphatic heterocycles. The number of nitrogens with zero attached hydrogens (tertiary/aromatic N) is 2. The highest BCUT2D eigenvalue weighted by atomic mass is 35.5. The minimum absolute atomic E-state index is 0.0576. The van der Waals surface area contributed by atoms with Gasteiger partial charge in [0.2, 0.25) is 5.91 Å². The third kappa shape index (κ3) is 2.92. The largest absolute Gasteiger partial charge is 0.333 e. The fourth-order valence-electron chi connectivity index (χ4n) is 3.64. The van der Waals surface area contributed by atoms with E-state index >= 15 is 0 Å². The van der Waals surface area contributed by atoms with Crippen LogP contribution in [0, 0.1) is 5.92 Å². The van der Waals surface area contributed by atoms with E-state index in [9.17, 15) is 4.79 Å². The van der Waals surface area contributed by atoms with Crippen LogP contribution in [-0.2, 0) is 4.79 Å². The molecular weight excluding hydrogens is 322 g/mol. The van der Waals surface area contributed by atoms with Gasteiger partial charge >= 0.3 is 0 Å². The predicted octanol–water partition coefficient (Wildman–Crippen LogP) is 3.01. The minimum Gasteiger partial charge on any atom is -0.333 e. The van der Waals surface area contributed by atoms with Crippen molar-refractivity contribution in [2.75, 3.05) is 19.6 Å². The molecule has 1 aromatic heterocycles. The Hall–Kier alpha value is -1.91. The van der Waals surface area contributed by atoms with Crippen LogP contribution in [0.4, 0.5) is 0 Å². The van der Waals surface area contributed by atoms with E-state index in [4.69, 9.17) is 11.6 Å². The fraction of sp³-hybridized carbons (Fsp3) is 0.368. The molecular formula is C19H20ClN3O. The van der Waals surface area contributed by atoms with Gasteiger partial charge in [0.05, 0.1) is 6.04 Å². The molecule has 2 aromatic rings. The lowest BCUT2D eigenvalue weighted by atomic mass is 10.0. The molecule has 4 nitrogen and oxygen atoms in total. The molecule has 2 fully saturated rings. The zero-order chi connectivity index (χ0) is 16.5. The highest BCUT2D eigenvalue weighted by Gasteiger charge is 2.48. The van der Waals surface area contributed by atoms with E-state index in [2.05, 4.69) is 10.3 Å². The second-order valence-corrected chi connectivity index (χ2v) is 6.92. The van der Waals surface area contributed by atoms with E-state index in [1.807, 2.05) is 47.5 Å². The number of aromatic nitrogens is 1. The SMILES string of the molecule is O=C(C1CC1c1ccccc1Cl)N1CCNCC1c1cccnc1. The summed E-state index contributed by atoms with van der Waals surface area (Å²) in [5, 5.41) is 4.15. The van der Waals surface area contributed by atoms with E-state index < -0.39 is 0 Å². The topological polar surface area (TPSA) is 45.2 Å². The standard InChI is InChI=1S/C19H20ClN3O/c20-17-6-2-1-5-14(17)15-10-16(15)19(24)23-9-8-22-12-18(23)13-4-3-7-21-11-13/h1-7,11,15-16,18,22H,8-10,12H2. The molecule has 1 saturated heterocycles. The van der Waals surface area contributed by atoms with Crippen LogP contribution in [0.5, 0.6) is 0 Å². The molecule has 2 aliphatic rings. The Balaban J connectivity index is 1.52. The number of halogens is 1. The summed E-state index contributed by atoms with van der Waals surface area (Å²) in [7, 11) is 0. The minimum atomic E-state index is 0.0576. The third-order valence-corrected chi connectivity index (χ3v) is 5.35. The van der Waals surface area contributed by atoms with Gasteiger partial charge in [0.15, 0.2) is 0 Å². The van der Waals surface area contributed by atoms with Crippen LogP contribution >= 0.6 is 11.6 Å². The summed E-state index contributed by atoms with van der Waals surface area (Å²) in [6.07, 6.45) is 4.52. The van der Waals surface area contributed by atoms with Crippen molar-refractivity contribution in [1.29, 1.82) is 0 Å². The Bertz CT molecular complexity index is 736. The van der Waals surface area contributed by atoms with Gasteiger partial charge < -0.3 is 10.2 Å². The summed E-state index contributed by atoms with van der Waals surface area (Å²) in [5.41, 5.74) is 2.19. The lowest BCUT2D eigenvalue weighted by Crippen LogP contribution is -2.49. The molecule has 24 heavy (non-hydrogen) atoms. The molecule has 0 spiro atoms. The molecule has 3 atom stereocenters. The Morgan fingerprint density at radius 1 is 1.25 bits per heavy atom. The third-order valence-electron chi connectivity index (χ3n) is 5.01. The summed E-state index contributed by atoms with van der Waals surface area (Å²) in [4.78, 5) is 19.3. The van der Waals surface area contributed by atoms with Crippen LogP contribution < -0.4 is 5.32 Å². The van der Waals surface area contributed by atoms with Crippen molar-refractivity contribution in [1.82, 2.24) is 15.2 Å². The monoisotopic (exact) mass is 341 g/mol. The van der Waals surface area contributed by atoms with Gasteiger partial charge in [0.1, 0.15) is 0 Å². The number of piperazine rings is 1. The maximum Gasteiger partial charge on any atom is 0.226 e. The zero-order valence-corrected chi connectivity index (χ0v) is 14.1. The molecule has 2 heterocycles. The Kier molecular flexibility index (Phi) is 4.25. The second-order valence-electron chi connectivity index (χ2n) is 6.51. The molecule has 0 radical (unpaired) electrons. The van der Waals surface area contributed by atoms with Crippen molar-refractivity contribution in [3.8, 4) is 0 Å². The first-order valence-corrected chi connectivity index (χ1v) is 8.79. The lowest BCUT2D eigenvalue weighted by molar-refractivity contribution is -0.136. The van der Waals surface area contributed by atoms with Crippen molar-refractivity contribution in [3.05, 3.63) is 64.9 Å². The van der Waals surface area contributed by atoms with Crippen molar-refractivity contribution in [2.45, 2.75) is 18.4 Å². The van der Waals surface area contributed by atoms with Crippen LogP contribution in [0.1, 0.15) is 29.5 Å². The van der Waals surface area contributed by atoms with Gasteiger partial charge in [-0.3, -0.25) is 9.78 Å². The average Bonchev–Trinajstić information content (AvgIpc) is 3.43.